The maximum absolute atomic E-state index is 12.5. The van der Waals surface area contributed by atoms with Crippen LogP contribution in [0.1, 0.15) is 38.4 Å². The summed E-state index contributed by atoms with van der Waals surface area (Å²) in [6.45, 7) is 2.89. The second-order valence-electron chi connectivity index (χ2n) is 5.31. The number of para-hydroxylation sites is 1. The van der Waals surface area contributed by atoms with E-state index in [2.05, 4.69) is 23.9 Å². The lowest BCUT2D eigenvalue weighted by atomic mass is 9.94. The summed E-state index contributed by atoms with van der Waals surface area (Å²) in [5.74, 6) is 0.674. The molecule has 3 nitrogen and oxygen atoms in total. The zero-order valence-corrected chi connectivity index (χ0v) is 12.5. The largest absolute Gasteiger partial charge is 0.434 e. The molecule has 0 aliphatic carbocycles. The van der Waals surface area contributed by atoms with Gasteiger partial charge < -0.3 is 14.8 Å². The molecule has 2 atom stereocenters. The number of hydrogen-bond donors (Lipinski definition) is 1. The molecule has 1 fully saturated rings. The molecule has 1 aliphatic rings. The van der Waals surface area contributed by atoms with Crippen molar-refractivity contribution in [2.24, 2.45) is 5.92 Å². The topological polar surface area (TPSA) is 30.5 Å². The van der Waals surface area contributed by atoms with Gasteiger partial charge in [0.2, 0.25) is 0 Å². The van der Waals surface area contributed by atoms with Crippen molar-refractivity contribution in [3.05, 3.63) is 29.8 Å². The van der Waals surface area contributed by atoms with Gasteiger partial charge in [0.05, 0.1) is 12.2 Å². The van der Waals surface area contributed by atoms with Gasteiger partial charge in [-0.05, 0) is 12.0 Å². The lowest BCUT2D eigenvalue weighted by molar-refractivity contribution is -0.0762. The molecular weight excluding hydrogens is 276 g/mol. The normalized spacial score (nSPS) is 22.8. The second kappa shape index (κ2) is 7.71. The number of alkyl halides is 2. The zero-order chi connectivity index (χ0) is 15.2. The van der Waals surface area contributed by atoms with Gasteiger partial charge in [0.25, 0.3) is 0 Å². The van der Waals surface area contributed by atoms with Crippen LogP contribution in [0.3, 0.4) is 0 Å². The summed E-state index contributed by atoms with van der Waals surface area (Å²) in [6.07, 6.45) is 1.95. The first-order valence-corrected chi connectivity index (χ1v) is 7.55. The Morgan fingerprint density at radius 3 is 2.62 bits per heavy atom. The first-order chi connectivity index (χ1) is 10.2. The fraction of sp³-hybridized carbons (Fsp3) is 0.625. The predicted octanol–water partition coefficient (Wildman–Crippen LogP) is 3.75. The number of ether oxygens (including phenoxy) is 2. The van der Waals surface area contributed by atoms with Crippen LogP contribution in [0.5, 0.6) is 5.75 Å². The highest BCUT2D eigenvalue weighted by Gasteiger charge is 2.29. The van der Waals surface area contributed by atoms with E-state index in [1.165, 1.54) is 0 Å². The van der Waals surface area contributed by atoms with Crippen LogP contribution < -0.4 is 10.1 Å². The van der Waals surface area contributed by atoms with Gasteiger partial charge in [-0.1, -0.05) is 44.9 Å². The van der Waals surface area contributed by atoms with Gasteiger partial charge >= 0.3 is 6.61 Å². The summed E-state index contributed by atoms with van der Waals surface area (Å²) in [6, 6.07) is 6.86. The van der Waals surface area contributed by atoms with E-state index in [-0.39, 0.29) is 18.0 Å². The molecule has 1 aromatic rings. The number of morpholine rings is 1. The number of rotatable bonds is 6. The summed E-state index contributed by atoms with van der Waals surface area (Å²) < 4.78 is 35.8. The molecule has 0 radical (unpaired) electrons. The van der Waals surface area contributed by atoms with Crippen LogP contribution >= 0.6 is 0 Å². The van der Waals surface area contributed by atoms with E-state index >= 15 is 0 Å². The smallest absolute Gasteiger partial charge is 0.387 e. The Bertz CT molecular complexity index is 438. The maximum atomic E-state index is 12.5. The first-order valence-electron chi connectivity index (χ1n) is 7.55. The molecule has 1 aromatic carbocycles. The highest BCUT2D eigenvalue weighted by Crippen LogP contribution is 2.33. The van der Waals surface area contributed by atoms with E-state index in [9.17, 15) is 8.78 Å². The second-order valence-corrected chi connectivity index (χ2v) is 5.31. The van der Waals surface area contributed by atoms with Crippen LogP contribution in [0.4, 0.5) is 8.78 Å². The number of nitrogens with one attached hydrogen (secondary N) is 1. The molecule has 118 valence electrons. The standard InChI is InChI=1S/C16H23F2NO2/c1-3-11(4-2)14-9-19-10-15(20-14)12-7-5-6-8-13(12)21-16(17)18/h5-8,11,14-16,19H,3-4,9-10H2,1-2H3. The van der Waals surface area contributed by atoms with Crippen molar-refractivity contribution in [1.82, 2.24) is 5.32 Å². The Morgan fingerprint density at radius 2 is 1.95 bits per heavy atom. The van der Waals surface area contributed by atoms with Crippen LogP contribution in [0, 0.1) is 5.92 Å². The van der Waals surface area contributed by atoms with E-state index in [1.807, 2.05) is 6.07 Å². The summed E-state index contributed by atoms with van der Waals surface area (Å²) >= 11 is 0. The van der Waals surface area contributed by atoms with E-state index in [0.29, 0.717) is 18.0 Å². The monoisotopic (exact) mass is 299 g/mol. The number of hydrogen-bond acceptors (Lipinski definition) is 3. The molecular formula is C16H23F2NO2. The minimum atomic E-state index is -2.82. The quantitative estimate of drug-likeness (QED) is 0.867. The lowest BCUT2D eigenvalue weighted by Gasteiger charge is -2.35. The minimum absolute atomic E-state index is 0.110. The van der Waals surface area contributed by atoms with Crippen LogP contribution in [0.2, 0.25) is 0 Å². The lowest BCUT2D eigenvalue weighted by Crippen LogP contribution is -2.44. The van der Waals surface area contributed by atoms with Crippen LogP contribution in [0.25, 0.3) is 0 Å². The van der Waals surface area contributed by atoms with E-state index in [0.717, 1.165) is 19.4 Å². The SMILES string of the molecule is CCC(CC)C1CNCC(c2ccccc2OC(F)F)O1. The minimum Gasteiger partial charge on any atom is -0.434 e. The summed E-state index contributed by atoms with van der Waals surface area (Å²) in [5.41, 5.74) is 0.681. The van der Waals surface area contributed by atoms with E-state index < -0.39 is 6.61 Å². The van der Waals surface area contributed by atoms with Gasteiger partial charge in [0, 0.05) is 18.7 Å². The van der Waals surface area contributed by atoms with Crippen LogP contribution in [-0.4, -0.2) is 25.8 Å². The molecule has 2 rings (SSSR count). The average Bonchev–Trinajstić information content (AvgIpc) is 2.49. The molecule has 1 aliphatic heterocycles. The third kappa shape index (κ3) is 4.14. The molecule has 2 unspecified atom stereocenters. The Morgan fingerprint density at radius 1 is 1.24 bits per heavy atom. The van der Waals surface area contributed by atoms with E-state index in [4.69, 9.17) is 4.74 Å². The Hall–Kier alpha value is -1.20. The Balaban J connectivity index is 2.14. The van der Waals surface area contributed by atoms with Gasteiger partial charge in [0.15, 0.2) is 0 Å². The zero-order valence-electron chi connectivity index (χ0n) is 12.5. The predicted molar refractivity (Wildman–Crippen MR) is 77.6 cm³/mol. The maximum Gasteiger partial charge on any atom is 0.387 e. The van der Waals surface area contributed by atoms with Gasteiger partial charge in [-0.25, -0.2) is 0 Å². The third-order valence-electron chi connectivity index (χ3n) is 4.07. The molecule has 1 heterocycles. The van der Waals surface area contributed by atoms with Crippen molar-refractivity contribution in [3.63, 3.8) is 0 Å². The van der Waals surface area contributed by atoms with Crippen molar-refractivity contribution in [2.45, 2.75) is 45.5 Å². The van der Waals surface area contributed by atoms with Gasteiger partial charge in [-0.3, -0.25) is 0 Å². The van der Waals surface area contributed by atoms with Crippen LogP contribution in [0.15, 0.2) is 24.3 Å². The highest BCUT2D eigenvalue weighted by molar-refractivity contribution is 5.35. The number of benzene rings is 1. The first kappa shape index (κ1) is 16.2. The fourth-order valence-corrected chi connectivity index (χ4v) is 2.89. The van der Waals surface area contributed by atoms with Crippen molar-refractivity contribution in [1.29, 1.82) is 0 Å². The van der Waals surface area contributed by atoms with Crippen molar-refractivity contribution >= 4 is 0 Å². The molecule has 0 aromatic heterocycles. The van der Waals surface area contributed by atoms with Crippen molar-refractivity contribution in [3.8, 4) is 5.75 Å². The van der Waals surface area contributed by atoms with Gasteiger partial charge in [-0.2, -0.15) is 8.78 Å². The van der Waals surface area contributed by atoms with Gasteiger partial charge in [-0.15, -0.1) is 0 Å². The average molecular weight is 299 g/mol. The molecule has 0 bridgehead atoms. The molecule has 0 amide bonds. The third-order valence-corrected chi connectivity index (χ3v) is 4.07. The molecule has 1 N–H and O–H groups in total. The Labute approximate surface area is 124 Å². The highest BCUT2D eigenvalue weighted by atomic mass is 19.3. The van der Waals surface area contributed by atoms with E-state index in [1.54, 1.807) is 18.2 Å². The van der Waals surface area contributed by atoms with Crippen molar-refractivity contribution in [2.75, 3.05) is 13.1 Å². The molecule has 0 saturated carbocycles. The van der Waals surface area contributed by atoms with Gasteiger partial charge in [0.1, 0.15) is 5.75 Å². The molecule has 5 heteroatoms. The number of halogens is 2. The van der Waals surface area contributed by atoms with Crippen molar-refractivity contribution < 1.29 is 18.3 Å². The Kier molecular flexibility index (Phi) is 5.94. The summed E-state index contributed by atoms with van der Waals surface area (Å²) in [7, 11) is 0. The summed E-state index contributed by atoms with van der Waals surface area (Å²) in [4.78, 5) is 0. The molecule has 21 heavy (non-hydrogen) atoms. The fourth-order valence-electron chi connectivity index (χ4n) is 2.89. The summed E-state index contributed by atoms with van der Waals surface area (Å²) in [5, 5.41) is 3.35. The molecule has 0 spiro atoms. The molecule has 1 saturated heterocycles. The van der Waals surface area contributed by atoms with Crippen LogP contribution in [-0.2, 0) is 4.74 Å².